The first kappa shape index (κ1) is 14.8. The highest BCUT2D eigenvalue weighted by Crippen LogP contribution is 2.47. The topological polar surface area (TPSA) is 15.3 Å². The van der Waals surface area contributed by atoms with E-state index in [4.69, 9.17) is 0 Å². The fraction of sp³-hybridized carbons (Fsp3) is 1.00. The summed E-state index contributed by atoms with van der Waals surface area (Å²) in [6.45, 7) is 5.36. The number of rotatable bonds is 4. The minimum absolute atomic E-state index is 0.590. The molecule has 0 aromatic carbocycles. The largest absolute Gasteiger partial charge is 0.319 e. The molecule has 1 heterocycles. The Morgan fingerprint density at radius 1 is 0.800 bits per heavy atom. The van der Waals surface area contributed by atoms with Crippen LogP contribution in [0.5, 0.6) is 0 Å². The maximum Gasteiger partial charge on any atom is 0.00501 e. The van der Waals surface area contributed by atoms with Gasteiger partial charge in [-0.1, -0.05) is 32.1 Å². The second kappa shape index (κ2) is 6.36. The van der Waals surface area contributed by atoms with Gasteiger partial charge in [-0.3, -0.25) is 0 Å². The Labute approximate surface area is 125 Å². The van der Waals surface area contributed by atoms with Crippen molar-refractivity contribution in [3.05, 3.63) is 0 Å². The summed E-state index contributed by atoms with van der Waals surface area (Å²) >= 11 is 0. The van der Waals surface area contributed by atoms with Crippen LogP contribution in [0.25, 0.3) is 0 Å². The summed E-state index contributed by atoms with van der Waals surface area (Å²) in [5.74, 6) is 0. The number of hydrogen-bond donors (Lipinski definition) is 1. The number of nitrogens with zero attached hydrogens (tertiary/aromatic N) is 1. The quantitative estimate of drug-likeness (QED) is 0.841. The van der Waals surface area contributed by atoms with Crippen molar-refractivity contribution in [2.75, 3.05) is 33.2 Å². The first-order valence-electron chi connectivity index (χ1n) is 9.13. The van der Waals surface area contributed by atoms with E-state index >= 15 is 0 Å². The van der Waals surface area contributed by atoms with Crippen molar-refractivity contribution in [1.82, 2.24) is 10.2 Å². The van der Waals surface area contributed by atoms with Gasteiger partial charge >= 0.3 is 0 Å². The molecule has 3 aliphatic rings. The van der Waals surface area contributed by atoms with Gasteiger partial charge in [-0.25, -0.2) is 0 Å². The Bertz CT molecular complexity index is 285. The molecule has 3 fully saturated rings. The molecule has 2 aliphatic carbocycles. The normalized spacial score (nSPS) is 29.9. The predicted octanol–water partition coefficient (Wildman–Crippen LogP) is 3.81. The third kappa shape index (κ3) is 3.22. The van der Waals surface area contributed by atoms with Crippen LogP contribution in [0, 0.1) is 10.8 Å². The first-order valence-corrected chi connectivity index (χ1v) is 9.13. The van der Waals surface area contributed by atoms with Crippen molar-refractivity contribution >= 4 is 0 Å². The third-order valence-corrected chi connectivity index (χ3v) is 6.61. The molecular weight excluding hydrogens is 244 g/mol. The van der Waals surface area contributed by atoms with Gasteiger partial charge in [-0.2, -0.15) is 0 Å². The molecule has 2 nitrogen and oxygen atoms in total. The Morgan fingerprint density at radius 2 is 1.40 bits per heavy atom. The maximum absolute atomic E-state index is 3.49. The monoisotopic (exact) mass is 278 g/mol. The summed E-state index contributed by atoms with van der Waals surface area (Å²) < 4.78 is 0. The highest BCUT2D eigenvalue weighted by Gasteiger charge is 2.39. The van der Waals surface area contributed by atoms with Gasteiger partial charge in [0.15, 0.2) is 0 Å². The zero-order valence-electron chi connectivity index (χ0n) is 13.6. The molecule has 0 aromatic heterocycles. The van der Waals surface area contributed by atoms with Crippen LogP contribution in [-0.4, -0.2) is 38.1 Å². The minimum atomic E-state index is 0.590. The Morgan fingerprint density at radius 3 is 2.00 bits per heavy atom. The van der Waals surface area contributed by atoms with E-state index < -0.39 is 0 Å². The van der Waals surface area contributed by atoms with E-state index in [1.165, 1.54) is 96.8 Å². The van der Waals surface area contributed by atoms with Gasteiger partial charge in [-0.15, -0.1) is 0 Å². The number of piperidine rings is 1. The molecular formula is C18H34N2. The highest BCUT2D eigenvalue weighted by molar-refractivity contribution is 4.93. The second-order valence-electron chi connectivity index (χ2n) is 8.07. The number of hydrogen-bond acceptors (Lipinski definition) is 2. The average molecular weight is 278 g/mol. The van der Waals surface area contributed by atoms with Gasteiger partial charge in [0, 0.05) is 13.1 Å². The first-order chi connectivity index (χ1) is 9.76. The molecule has 0 bridgehead atoms. The van der Waals surface area contributed by atoms with Crippen molar-refractivity contribution in [1.29, 1.82) is 0 Å². The van der Waals surface area contributed by atoms with Crippen LogP contribution in [0.2, 0.25) is 0 Å². The van der Waals surface area contributed by atoms with Crippen LogP contribution in [-0.2, 0) is 0 Å². The van der Waals surface area contributed by atoms with E-state index in [0.717, 1.165) is 5.41 Å². The fourth-order valence-electron chi connectivity index (χ4n) is 5.35. The maximum atomic E-state index is 3.49. The lowest BCUT2D eigenvalue weighted by atomic mass is 9.72. The van der Waals surface area contributed by atoms with Crippen molar-refractivity contribution < 1.29 is 0 Å². The summed E-state index contributed by atoms with van der Waals surface area (Å²) in [7, 11) is 2.14. The Kier molecular flexibility index (Phi) is 4.72. The van der Waals surface area contributed by atoms with E-state index in [9.17, 15) is 0 Å². The predicted molar refractivity (Wildman–Crippen MR) is 86.0 cm³/mol. The Hall–Kier alpha value is -0.0800. The SMILES string of the molecule is CNCC1(CN2CCC3(CCCC3)CC2)CCCCC1. The summed E-state index contributed by atoms with van der Waals surface area (Å²) in [6.07, 6.45) is 16.3. The molecule has 1 saturated heterocycles. The smallest absolute Gasteiger partial charge is 0.00501 e. The van der Waals surface area contributed by atoms with Crippen molar-refractivity contribution in [3.8, 4) is 0 Å². The zero-order valence-corrected chi connectivity index (χ0v) is 13.6. The minimum Gasteiger partial charge on any atom is -0.319 e. The zero-order chi connectivity index (χ0) is 13.9. The Balaban J connectivity index is 1.54. The van der Waals surface area contributed by atoms with Gasteiger partial charge in [0.25, 0.3) is 0 Å². The van der Waals surface area contributed by atoms with Gasteiger partial charge in [-0.05, 0) is 69.5 Å². The number of nitrogens with one attached hydrogen (secondary N) is 1. The molecule has 0 amide bonds. The molecule has 2 heteroatoms. The molecule has 1 spiro atoms. The molecule has 0 aromatic rings. The van der Waals surface area contributed by atoms with E-state index in [1.807, 2.05) is 0 Å². The molecule has 0 radical (unpaired) electrons. The molecule has 0 atom stereocenters. The van der Waals surface area contributed by atoms with Crippen LogP contribution < -0.4 is 5.32 Å². The molecule has 3 rings (SSSR count). The van der Waals surface area contributed by atoms with Gasteiger partial charge in [0.1, 0.15) is 0 Å². The lowest BCUT2D eigenvalue weighted by Crippen LogP contribution is -2.48. The van der Waals surface area contributed by atoms with Gasteiger partial charge < -0.3 is 10.2 Å². The molecule has 20 heavy (non-hydrogen) atoms. The van der Waals surface area contributed by atoms with Crippen LogP contribution in [0.15, 0.2) is 0 Å². The highest BCUT2D eigenvalue weighted by atomic mass is 15.1. The second-order valence-corrected chi connectivity index (χ2v) is 8.07. The molecule has 0 unspecified atom stereocenters. The molecule has 1 aliphatic heterocycles. The van der Waals surface area contributed by atoms with Crippen molar-refractivity contribution in [2.24, 2.45) is 10.8 Å². The molecule has 1 N–H and O–H groups in total. The van der Waals surface area contributed by atoms with E-state index in [2.05, 4.69) is 17.3 Å². The summed E-state index contributed by atoms with van der Waals surface area (Å²) in [5, 5.41) is 3.49. The van der Waals surface area contributed by atoms with Gasteiger partial charge in [0.05, 0.1) is 0 Å². The molecule has 116 valence electrons. The van der Waals surface area contributed by atoms with Crippen LogP contribution in [0.4, 0.5) is 0 Å². The lowest BCUT2D eigenvalue weighted by molar-refractivity contribution is 0.0505. The summed E-state index contributed by atoms with van der Waals surface area (Å²) in [4.78, 5) is 2.81. The van der Waals surface area contributed by atoms with Crippen LogP contribution in [0.3, 0.4) is 0 Å². The number of likely N-dealkylation sites (tertiary alicyclic amines) is 1. The van der Waals surface area contributed by atoms with Gasteiger partial charge in [0.2, 0.25) is 0 Å². The van der Waals surface area contributed by atoms with Crippen LogP contribution in [0.1, 0.15) is 70.6 Å². The van der Waals surface area contributed by atoms with E-state index in [-0.39, 0.29) is 0 Å². The lowest BCUT2D eigenvalue weighted by Gasteiger charge is -2.45. The molecule has 2 saturated carbocycles. The summed E-state index contributed by atoms with van der Waals surface area (Å²) in [6, 6.07) is 0. The third-order valence-electron chi connectivity index (χ3n) is 6.61. The van der Waals surface area contributed by atoms with E-state index in [1.54, 1.807) is 0 Å². The summed E-state index contributed by atoms with van der Waals surface area (Å²) in [5.41, 5.74) is 1.37. The van der Waals surface area contributed by atoms with Crippen LogP contribution >= 0.6 is 0 Å². The fourth-order valence-corrected chi connectivity index (χ4v) is 5.35. The van der Waals surface area contributed by atoms with Crippen molar-refractivity contribution in [2.45, 2.75) is 70.6 Å². The standard InChI is InChI=1S/C18H34N2/c1-19-15-18(9-3-2-4-10-18)16-20-13-11-17(12-14-20)7-5-6-8-17/h19H,2-16H2,1H3. The van der Waals surface area contributed by atoms with E-state index in [0.29, 0.717) is 5.41 Å². The van der Waals surface area contributed by atoms with Crippen molar-refractivity contribution in [3.63, 3.8) is 0 Å². The average Bonchev–Trinajstić information content (AvgIpc) is 2.92.